The molecule has 0 unspecified atom stereocenters. The minimum Gasteiger partial charge on any atom is -0.497 e. The van der Waals surface area contributed by atoms with Crippen molar-refractivity contribution in [1.29, 1.82) is 0 Å². The van der Waals surface area contributed by atoms with Gasteiger partial charge in [-0.15, -0.1) is 0 Å². The number of carbonyl (C=O) groups excluding carboxylic acids is 1. The SMILES string of the molecule is COc1cccc(C(=O)c2cccc(C(F)(F)F)c2F)c1. The van der Waals surface area contributed by atoms with Crippen LogP contribution in [0.2, 0.25) is 0 Å². The van der Waals surface area contributed by atoms with Gasteiger partial charge in [-0.1, -0.05) is 18.2 Å². The van der Waals surface area contributed by atoms with Gasteiger partial charge in [-0.3, -0.25) is 4.79 Å². The molecule has 0 fully saturated rings. The van der Waals surface area contributed by atoms with Gasteiger partial charge in [-0.05, 0) is 24.3 Å². The second-order valence-electron chi connectivity index (χ2n) is 4.23. The Balaban J connectivity index is 2.49. The maximum absolute atomic E-state index is 13.9. The lowest BCUT2D eigenvalue weighted by Gasteiger charge is -2.11. The molecule has 21 heavy (non-hydrogen) atoms. The molecule has 0 aliphatic heterocycles. The lowest BCUT2D eigenvalue weighted by Crippen LogP contribution is -2.13. The minimum atomic E-state index is -4.85. The van der Waals surface area contributed by atoms with E-state index in [1.165, 1.54) is 25.3 Å². The van der Waals surface area contributed by atoms with Crippen LogP contribution in [0.5, 0.6) is 5.75 Å². The molecule has 110 valence electrons. The summed E-state index contributed by atoms with van der Waals surface area (Å²) in [5, 5.41) is 0. The molecule has 0 aliphatic carbocycles. The zero-order valence-electron chi connectivity index (χ0n) is 10.9. The first-order chi connectivity index (χ1) is 9.84. The predicted molar refractivity (Wildman–Crippen MR) is 67.8 cm³/mol. The summed E-state index contributed by atoms with van der Waals surface area (Å²) >= 11 is 0. The van der Waals surface area contributed by atoms with E-state index in [0.29, 0.717) is 11.8 Å². The van der Waals surface area contributed by atoms with Crippen molar-refractivity contribution in [3.8, 4) is 5.75 Å². The molecule has 0 saturated heterocycles. The summed E-state index contributed by atoms with van der Waals surface area (Å²) in [7, 11) is 1.38. The van der Waals surface area contributed by atoms with Crippen LogP contribution < -0.4 is 4.74 Å². The fourth-order valence-corrected chi connectivity index (χ4v) is 1.85. The van der Waals surface area contributed by atoms with Crippen LogP contribution in [-0.2, 0) is 6.18 Å². The molecule has 0 atom stereocenters. The second-order valence-corrected chi connectivity index (χ2v) is 4.23. The average molecular weight is 298 g/mol. The topological polar surface area (TPSA) is 26.3 Å². The molecule has 2 nitrogen and oxygen atoms in total. The molecule has 2 rings (SSSR count). The summed E-state index contributed by atoms with van der Waals surface area (Å²) < 4.78 is 56.8. The number of ether oxygens (including phenoxy) is 1. The van der Waals surface area contributed by atoms with Crippen LogP contribution in [0.4, 0.5) is 17.6 Å². The Morgan fingerprint density at radius 2 is 1.76 bits per heavy atom. The van der Waals surface area contributed by atoms with Crippen LogP contribution in [0.3, 0.4) is 0 Å². The standard InChI is InChI=1S/C15H10F4O2/c1-21-10-5-2-4-9(8-10)14(20)11-6-3-7-12(13(11)16)15(17,18)19/h2-8H,1H3. The van der Waals surface area contributed by atoms with Gasteiger partial charge in [0.2, 0.25) is 0 Å². The zero-order valence-corrected chi connectivity index (χ0v) is 10.9. The molecular formula is C15H10F4O2. The first-order valence-corrected chi connectivity index (χ1v) is 5.89. The molecule has 6 heteroatoms. The first-order valence-electron chi connectivity index (χ1n) is 5.89. The molecule has 0 saturated carbocycles. The smallest absolute Gasteiger partial charge is 0.419 e. The molecule has 0 radical (unpaired) electrons. The summed E-state index contributed by atoms with van der Waals surface area (Å²) in [5.74, 6) is -2.05. The number of benzene rings is 2. The van der Waals surface area contributed by atoms with Crippen molar-refractivity contribution in [2.24, 2.45) is 0 Å². The molecule has 0 aliphatic rings. The van der Waals surface area contributed by atoms with Crippen molar-refractivity contribution in [1.82, 2.24) is 0 Å². The number of carbonyl (C=O) groups is 1. The van der Waals surface area contributed by atoms with Gasteiger partial charge in [-0.2, -0.15) is 13.2 Å². The number of ketones is 1. The number of hydrogen-bond acceptors (Lipinski definition) is 2. The molecule has 0 N–H and O–H groups in total. The van der Waals surface area contributed by atoms with Crippen LogP contribution in [-0.4, -0.2) is 12.9 Å². The molecular weight excluding hydrogens is 288 g/mol. The largest absolute Gasteiger partial charge is 0.497 e. The maximum atomic E-state index is 13.9. The quantitative estimate of drug-likeness (QED) is 0.630. The van der Waals surface area contributed by atoms with E-state index < -0.39 is 28.9 Å². The van der Waals surface area contributed by atoms with Gasteiger partial charge in [0.1, 0.15) is 11.6 Å². The summed E-state index contributed by atoms with van der Waals surface area (Å²) in [6.07, 6.45) is -4.85. The summed E-state index contributed by atoms with van der Waals surface area (Å²) in [6, 6.07) is 8.40. The average Bonchev–Trinajstić information content (AvgIpc) is 2.45. The highest BCUT2D eigenvalue weighted by atomic mass is 19.4. The van der Waals surface area contributed by atoms with Gasteiger partial charge >= 0.3 is 6.18 Å². The van der Waals surface area contributed by atoms with E-state index in [2.05, 4.69) is 0 Å². The number of hydrogen-bond donors (Lipinski definition) is 0. The third-order valence-corrected chi connectivity index (χ3v) is 2.88. The monoisotopic (exact) mass is 298 g/mol. The number of rotatable bonds is 3. The minimum absolute atomic E-state index is 0.0487. The van der Waals surface area contributed by atoms with Gasteiger partial charge in [0.15, 0.2) is 5.78 Å². The van der Waals surface area contributed by atoms with Crippen molar-refractivity contribution < 1.29 is 27.1 Å². The van der Waals surface area contributed by atoms with Gasteiger partial charge < -0.3 is 4.74 Å². The Bertz CT molecular complexity index is 678. The van der Waals surface area contributed by atoms with Crippen LogP contribution in [0.1, 0.15) is 21.5 Å². The van der Waals surface area contributed by atoms with Crippen molar-refractivity contribution in [3.05, 3.63) is 65.0 Å². The Kier molecular flexibility index (Phi) is 3.97. The summed E-state index contributed by atoms with van der Waals surface area (Å²) in [6.45, 7) is 0. The fraction of sp³-hybridized carbons (Fsp3) is 0.133. The van der Waals surface area contributed by atoms with E-state index in [0.717, 1.165) is 12.1 Å². The van der Waals surface area contributed by atoms with Crippen molar-refractivity contribution in [2.75, 3.05) is 7.11 Å². The predicted octanol–water partition coefficient (Wildman–Crippen LogP) is 4.08. The highest BCUT2D eigenvalue weighted by Gasteiger charge is 2.35. The Hall–Kier alpha value is -2.37. The second kappa shape index (κ2) is 5.55. The van der Waals surface area contributed by atoms with Crippen LogP contribution in [0.15, 0.2) is 42.5 Å². The third-order valence-electron chi connectivity index (χ3n) is 2.88. The van der Waals surface area contributed by atoms with E-state index in [-0.39, 0.29) is 5.56 Å². The summed E-state index contributed by atoms with van der Waals surface area (Å²) in [5.41, 5.74) is -2.04. The van der Waals surface area contributed by atoms with Gasteiger partial charge in [0.05, 0.1) is 18.2 Å². The van der Waals surface area contributed by atoms with E-state index in [9.17, 15) is 22.4 Å². The van der Waals surface area contributed by atoms with E-state index >= 15 is 0 Å². The van der Waals surface area contributed by atoms with Gasteiger partial charge in [0.25, 0.3) is 0 Å². The number of methoxy groups -OCH3 is 1. The Morgan fingerprint density at radius 1 is 1.10 bits per heavy atom. The van der Waals surface area contributed by atoms with Crippen LogP contribution >= 0.6 is 0 Å². The van der Waals surface area contributed by atoms with Crippen molar-refractivity contribution >= 4 is 5.78 Å². The number of halogens is 4. The molecule has 0 bridgehead atoms. The Morgan fingerprint density at radius 3 is 2.38 bits per heavy atom. The lowest BCUT2D eigenvalue weighted by atomic mass is 10.00. The van der Waals surface area contributed by atoms with E-state index in [1.807, 2.05) is 0 Å². The van der Waals surface area contributed by atoms with Crippen LogP contribution in [0, 0.1) is 5.82 Å². The molecule has 2 aromatic rings. The zero-order chi connectivity index (χ0) is 15.6. The maximum Gasteiger partial charge on any atom is 0.419 e. The molecule has 0 amide bonds. The van der Waals surface area contributed by atoms with Crippen molar-refractivity contribution in [2.45, 2.75) is 6.18 Å². The molecule has 2 aromatic carbocycles. The Labute approximate surface area is 118 Å². The van der Waals surface area contributed by atoms with Gasteiger partial charge in [-0.25, -0.2) is 4.39 Å². The highest BCUT2D eigenvalue weighted by Crippen LogP contribution is 2.33. The first kappa shape index (κ1) is 15.0. The van der Waals surface area contributed by atoms with E-state index in [1.54, 1.807) is 6.07 Å². The fourth-order valence-electron chi connectivity index (χ4n) is 1.85. The molecule has 0 spiro atoms. The normalized spacial score (nSPS) is 11.3. The molecule has 0 aromatic heterocycles. The number of alkyl halides is 3. The van der Waals surface area contributed by atoms with Crippen molar-refractivity contribution in [3.63, 3.8) is 0 Å². The van der Waals surface area contributed by atoms with Gasteiger partial charge in [0, 0.05) is 5.56 Å². The highest BCUT2D eigenvalue weighted by molar-refractivity contribution is 6.09. The molecule has 0 heterocycles. The third kappa shape index (κ3) is 3.04. The van der Waals surface area contributed by atoms with E-state index in [4.69, 9.17) is 4.74 Å². The van der Waals surface area contributed by atoms with Crippen LogP contribution in [0.25, 0.3) is 0 Å². The summed E-state index contributed by atoms with van der Waals surface area (Å²) in [4.78, 5) is 12.2. The lowest BCUT2D eigenvalue weighted by molar-refractivity contribution is -0.140.